The van der Waals surface area contributed by atoms with Gasteiger partial charge in [-0.2, -0.15) is 0 Å². The van der Waals surface area contributed by atoms with E-state index in [1.807, 2.05) is 23.6 Å². The fraction of sp³-hybridized carbons (Fsp3) is 0.286. The summed E-state index contributed by atoms with van der Waals surface area (Å²) in [5, 5.41) is 10.8. The lowest BCUT2D eigenvalue weighted by Gasteiger charge is -2.31. The van der Waals surface area contributed by atoms with Gasteiger partial charge in [0.1, 0.15) is 6.54 Å². The molecule has 0 N–H and O–H groups in total. The Morgan fingerprint density at radius 2 is 2.10 bits per heavy atom. The average Bonchev–Trinajstić information content (AvgIpc) is 3.48. The van der Waals surface area contributed by atoms with E-state index in [0.717, 1.165) is 17.7 Å². The number of carbonyl (C=O) groups excluding carboxylic acids is 1. The monoisotopic (exact) mass is 421 g/mol. The highest BCUT2D eigenvalue weighted by atomic mass is 32.1. The molecule has 1 aliphatic heterocycles. The van der Waals surface area contributed by atoms with Gasteiger partial charge in [0, 0.05) is 13.1 Å². The highest BCUT2D eigenvalue weighted by Gasteiger charge is 2.29. The van der Waals surface area contributed by atoms with Gasteiger partial charge in [-0.3, -0.25) is 14.2 Å². The number of hydrogen-bond acceptors (Lipinski definition) is 7. The molecule has 0 bridgehead atoms. The van der Waals surface area contributed by atoms with Crippen molar-refractivity contribution >= 4 is 28.1 Å². The molecule has 0 saturated carbocycles. The van der Waals surface area contributed by atoms with Gasteiger partial charge in [0.05, 0.1) is 28.0 Å². The van der Waals surface area contributed by atoms with Crippen LogP contribution in [0.1, 0.15) is 24.7 Å². The second-order valence-corrected chi connectivity index (χ2v) is 8.24. The molecule has 0 unspecified atom stereocenters. The Bertz CT molecular complexity index is 1250. The number of likely N-dealkylation sites (tertiary alicyclic amines) is 1. The van der Waals surface area contributed by atoms with Gasteiger partial charge in [-0.1, -0.05) is 18.2 Å². The second kappa shape index (κ2) is 7.83. The SMILES string of the molecule is O=C(Cn1cnc2ccccc2c1=O)N1CCC[C@@H](c2nnc(-c3cccs3)o2)C1. The summed E-state index contributed by atoms with van der Waals surface area (Å²) in [6.07, 6.45) is 3.17. The van der Waals surface area contributed by atoms with E-state index in [0.29, 0.717) is 35.8 Å². The molecule has 3 aromatic heterocycles. The zero-order valence-electron chi connectivity index (χ0n) is 16.1. The number of carbonyl (C=O) groups is 1. The normalized spacial score (nSPS) is 16.8. The number of para-hydroxylation sites is 1. The van der Waals surface area contributed by atoms with Crippen molar-refractivity contribution in [1.29, 1.82) is 0 Å². The molecular weight excluding hydrogens is 402 g/mol. The number of aromatic nitrogens is 4. The molecule has 9 heteroatoms. The topological polar surface area (TPSA) is 94.1 Å². The van der Waals surface area contributed by atoms with Gasteiger partial charge >= 0.3 is 0 Å². The quantitative estimate of drug-likeness (QED) is 0.503. The predicted octanol–water partition coefficient (Wildman–Crippen LogP) is 2.91. The van der Waals surface area contributed by atoms with Crippen LogP contribution in [0.15, 0.2) is 57.3 Å². The van der Waals surface area contributed by atoms with E-state index in [4.69, 9.17) is 4.42 Å². The first kappa shape index (κ1) is 18.7. The Morgan fingerprint density at radius 1 is 1.20 bits per heavy atom. The lowest BCUT2D eigenvalue weighted by Crippen LogP contribution is -2.42. The number of piperidine rings is 1. The minimum atomic E-state index is -0.208. The number of amides is 1. The van der Waals surface area contributed by atoms with Crippen LogP contribution in [0, 0.1) is 0 Å². The summed E-state index contributed by atoms with van der Waals surface area (Å²) in [7, 11) is 0. The number of thiophene rings is 1. The standard InChI is InChI=1S/C21H19N5O3S/c27-18(12-26-13-22-16-7-2-1-6-15(16)21(26)28)25-9-3-5-14(11-25)19-23-24-20(29-19)17-8-4-10-30-17/h1-2,4,6-8,10,13-14H,3,5,9,11-12H2/t14-/m1/s1. The van der Waals surface area contributed by atoms with E-state index >= 15 is 0 Å². The van der Waals surface area contributed by atoms with Crippen LogP contribution in [-0.2, 0) is 11.3 Å². The summed E-state index contributed by atoms with van der Waals surface area (Å²) < 4.78 is 7.24. The highest BCUT2D eigenvalue weighted by Crippen LogP contribution is 2.30. The molecule has 1 saturated heterocycles. The van der Waals surface area contributed by atoms with Crippen molar-refractivity contribution in [3.63, 3.8) is 0 Å². The molecule has 152 valence electrons. The molecule has 1 fully saturated rings. The zero-order valence-corrected chi connectivity index (χ0v) is 16.9. The minimum Gasteiger partial charge on any atom is -0.420 e. The Kier molecular flexibility index (Phi) is 4.88. The number of nitrogens with zero attached hydrogens (tertiary/aromatic N) is 5. The van der Waals surface area contributed by atoms with Crippen molar-refractivity contribution < 1.29 is 9.21 Å². The maximum absolute atomic E-state index is 12.9. The van der Waals surface area contributed by atoms with Gasteiger partial charge in [0.2, 0.25) is 11.8 Å². The van der Waals surface area contributed by atoms with Crippen molar-refractivity contribution in [1.82, 2.24) is 24.6 Å². The second-order valence-electron chi connectivity index (χ2n) is 7.30. The fourth-order valence-electron chi connectivity index (χ4n) is 3.77. The van der Waals surface area contributed by atoms with E-state index in [1.54, 1.807) is 34.4 Å². The molecule has 4 heterocycles. The predicted molar refractivity (Wildman–Crippen MR) is 112 cm³/mol. The van der Waals surface area contributed by atoms with Crippen molar-refractivity contribution in [2.45, 2.75) is 25.3 Å². The van der Waals surface area contributed by atoms with E-state index in [9.17, 15) is 9.59 Å². The molecule has 8 nitrogen and oxygen atoms in total. The van der Waals surface area contributed by atoms with Crippen molar-refractivity contribution in [3.8, 4) is 10.8 Å². The maximum atomic E-state index is 12.9. The van der Waals surface area contributed by atoms with Gasteiger partial charge in [0.15, 0.2) is 0 Å². The van der Waals surface area contributed by atoms with E-state index < -0.39 is 0 Å². The lowest BCUT2D eigenvalue weighted by molar-refractivity contribution is -0.133. The Morgan fingerprint density at radius 3 is 2.97 bits per heavy atom. The Labute approximate surface area is 175 Å². The van der Waals surface area contributed by atoms with Crippen molar-refractivity contribution in [3.05, 3.63) is 64.4 Å². The Balaban J connectivity index is 1.31. The summed E-state index contributed by atoms with van der Waals surface area (Å²) in [6, 6.07) is 11.0. The number of rotatable bonds is 4. The molecule has 0 aliphatic carbocycles. The molecule has 30 heavy (non-hydrogen) atoms. The number of hydrogen-bond donors (Lipinski definition) is 0. The largest absolute Gasteiger partial charge is 0.420 e. The molecule has 4 aromatic rings. The smallest absolute Gasteiger partial charge is 0.261 e. The molecule has 1 amide bonds. The van der Waals surface area contributed by atoms with Crippen LogP contribution >= 0.6 is 11.3 Å². The van der Waals surface area contributed by atoms with Crippen molar-refractivity contribution in [2.75, 3.05) is 13.1 Å². The third-order valence-electron chi connectivity index (χ3n) is 5.33. The van der Waals surface area contributed by atoms with Gasteiger partial charge in [-0.15, -0.1) is 21.5 Å². The minimum absolute atomic E-state index is 0.00429. The molecule has 5 rings (SSSR count). The molecular formula is C21H19N5O3S. The van der Waals surface area contributed by atoms with Gasteiger partial charge in [-0.25, -0.2) is 4.98 Å². The average molecular weight is 421 g/mol. The number of benzene rings is 1. The van der Waals surface area contributed by atoms with Gasteiger partial charge in [-0.05, 0) is 36.4 Å². The highest BCUT2D eigenvalue weighted by molar-refractivity contribution is 7.13. The first-order valence-corrected chi connectivity index (χ1v) is 10.7. The Hall–Kier alpha value is -3.33. The van der Waals surface area contributed by atoms with Crippen molar-refractivity contribution in [2.24, 2.45) is 0 Å². The third kappa shape index (κ3) is 3.52. The third-order valence-corrected chi connectivity index (χ3v) is 6.19. The lowest BCUT2D eigenvalue weighted by atomic mass is 9.98. The van der Waals surface area contributed by atoms with E-state index in [2.05, 4.69) is 15.2 Å². The molecule has 0 spiro atoms. The summed E-state index contributed by atoms with van der Waals surface area (Å²) in [5.74, 6) is 0.949. The van der Waals surface area contributed by atoms with Crippen LogP contribution in [0.2, 0.25) is 0 Å². The summed E-state index contributed by atoms with van der Waals surface area (Å²) in [4.78, 5) is 32.6. The van der Waals surface area contributed by atoms with Crippen LogP contribution in [0.4, 0.5) is 0 Å². The van der Waals surface area contributed by atoms with Crippen LogP contribution in [0.25, 0.3) is 21.7 Å². The summed E-state index contributed by atoms with van der Waals surface area (Å²) in [5.41, 5.74) is 0.419. The number of fused-ring (bicyclic) bond motifs is 1. The first-order chi connectivity index (χ1) is 14.7. The maximum Gasteiger partial charge on any atom is 0.261 e. The summed E-state index contributed by atoms with van der Waals surface area (Å²) >= 11 is 1.55. The van der Waals surface area contributed by atoms with Crippen LogP contribution in [-0.4, -0.2) is 43.6 Å². The van der Waals surface area contributed by atoms with Crippen LogP contribution < -0.4 is 5.56 Å². The molecule has 1 atom stereocenters. The summed E-state index contributed by atoms with van der Waals surface area (Å²) in [6.45, 7) is 1.12. The van der Waals surface area contributed by atoms with Gasteiger partial charge in [0.25, 0.3) is 11.4 Å². The molecule has 0 radical (unpaired) electrons. The van der Waals surface area contributed by atoms with Crippen LogP contribution in [0.3, 0.4) is 0 Å². The van der Waals surface area contributed by atoms with Gasteiger partial charge < -0.3 is 9.32 Å². The fourth-order valence-corrected chi connectivity index (χ4v) is 4.41. The first-order valence-electron chi connectivity index (χ1n) is 9.78. The van der Waals surface area contributed by atoms with E-state index in [-0.39, 0.29) is 23.9 Å². The molecule has 1 aliphatic rings. The zero-order chi connectivity index (χ0) is 20.5. The van der Waals surface area contributed by atoms with Crippen LogP contribution in [0.5, 0.6) is 0 Å². The van der Waals surface area contributed by atoms with E-state index in [1.165, 1.54) is 10.9 Å². The molecule has 1 aromatic carbocycles.